The molecule has 0 radical (unpaired) electrons. The summed E-state index contributed by atoms with van der Waals surface area (Å²) in [6.07, 6.45) is 0. The lowest BCUT2D eigenvalue weighted by atomic mass is 10.2. The molecule has 1 heterocycles. The van der Waals surface area contributed by atoms with E-state index in [2.05, 4.69) is 20.7 Å². The third-order valence-electron chi connectivity index (χ3n) is 3.61. The number of rotatable bonds is 5. The molecule has 7 nitrogen and oxygen atoms in total. The first-order chi connectivity index (χ1) is 12.1. The second kappa shape index (κ2) is 7.08. The molecular formula is C17H16FN5O2. The summed E-state index contributed by atoms with van der Waals surface area (Å²) < 4.78 is 18.8. The third-order valence-corrected chi connectivity index (χ3v) is 3.61. The molecule has 3 aromatic rings. The van der Waals surface area contributed by atoms with Crippen molar-refractivity contribution in [3.05, 3.63) is 54.3 Å². The van der Waals surface area contributed by atoms with Crippen LogP contribution in [0.3, 0.4) is 0 Å². The molecular weight excluding hydrogens is 325 g/mol. The van der Waals surface area contributed by atoms with Crippen molar-refractivity contribution in [2.75, 3.05) is 12.4 Å². The van der Waals surface area contributed by atoms with Crippen LogP contribution >= 0.6 is 0 Å². The van der Waals surface area contributed by atoms with Crippen LogP contribution in [0.25, 0.3) is 11.4 Å². The Morgan fingerprint density at radius 1 is 1.24 bits per heavy atom. The molecule has 0 spiro atoms. The molecule has 1 aromatic heterocycles. The highest BCUT2D eigenvalue weighted by molar-refractivity contribution is 5.93. The number of benzene rings is 2. The summed E-state index contributed by atoms with van der Waals surface area (Å²) in [4.78, 5) is 13.5. The molecule has 1 N–H and O–H groups in total. The number of hydrogen-bond acceptors (Lipinski definition) is 5. The number of carbonyl (C=O) groups is 1. The largest absolute Gasteiger partial charge is 0.497 e. The van der Waals surface area contributed by atoms with Crippen molar-refractivity contribution in [3.8, 4) is 17.1 Å². The SMILES string of the molecule is COc1cccc(-c2nnn([C@@H](C)C(=O)Nc3ccccc3F)n2)c1. The summed E-state index contributed by atoms with van der Waals surface area (Å²) in [5, 5.41) is 14.6. The minimum absolute atomic E-state index is 0.104. The van der Waals surface area contributed by atoms with Gasteiger partial charge < -0.3 is 10.1 Å². The Morgan fingerprint density at radius 3 is 2.80 bits per heavy atom. The number of methoxy groups -OCH3 is 1. The van der Waals surface area contributed by atoms with Gasteiger partial charge in [0.2, 0.25) is 5.82 Å². The first kappa shape index (κ1) is 16.6. The molecule has 0 fully saturated rings. The van der Waals surface area contributed by atoms with Crippen molar-refractivity contribution in [3.63, 3.8) is 0 Å². The maximum Gasteiger partial charge on any atom is 0.250 e. The molecule has 2 aromatic carbocycles. The van der Waals surface area contributed by atoms with Gasteiger partial charge in [0.05, 0.1) is 12.8 Å². The second-order valence-electron chi connectivity index (χ2n) is 5.31. The summed E-state index contributed by atoms with van der Waals surface area (Å²) >= 11 is 0. The van der Waals surface area contributed by atoms with Crippen molar-refractivity contribution >= 4 is 11.6 Å². The minimum atomic E-state index is -0.758. The predicted octanol–water partition coefficient (Wildman–Crippen LogP) is 2.69. The average molecular weight is 341 g/mol. The second-order valence-corrected chi connectivity index (χ2v) is 5.31. The van der Waals surface area contributed by atoms with Crippen LogP contribution in [0.2, 0.25) is 0 Å². The van der Waals surface area contributed by atoms with Gasteiger partial charge in [-0.3, -0.25) is 4.79 Å². The molecule has 1 amide bonds. The lowest BCUT2D eigenvalue weighted by Gasteiger charge is -2.11. The van der Waals surface area contributed by atoms with E-state index in [9.17, 15) is 9.18 Å². The quantitative estimate of drug-likeness (QED) is 0.771. The molecule has 25 heavy (non-hydrogen) atoms. The number of tetrazole rings is 1. The maximum atomic E-state index is 13.6. The van der Waals surface area contributed by atoms with Crippen LogP contribution in [0.4, 0.5) is 10.1 Å². The Bertz CT molecular complexity index is 896. The Hall–Kier alpha value is -3.29. The number of para-hydroxylation sites is 1. The van der Waals surface area contributed by atoms with Gasteiger partial charge in [-0.1, -0.05) is 24.3 Å². The first-order valence-corrected chi connectivity index (χ1v) is 7.58. The minimum Gasteiger partial charge on any atom is -0.497 e. The number of ether oxygens (including phenoxy) is 1. The zero-order valence-corrected chi connectivity index (χ0v) is 13.7. The van der Waals surface area contributed by atoms with E-state index >= 15 is 0 Å². The van der Waals surface area contributed by atoms with Crippen molar-refractivity contribution in [1.82, 2.24) is 20.2 Å². The Labute approximate surface area is 143 Å². The van der Waals surface area contributed by atoms with Gasteiger partial charge >= 0.3 is 0 Å². The van der Waals surface area contributed by atoms with Crippen LogP contribution in [-0.2, 0) is 4.79 Å². The monoisotopic (exact) mass is 341 g/mol. The summed E-state index contributed by atoms with van der Waals surface area (Å²) in [7, 11) is 1.57. The number of hydrogen-bond donors (Lipinski definition) is 1. The first-order valence-electron chi connectivity index (χ1n) is 7.58. The summed E-state index contributed by atoms with van der Waals surface area (Å²) in [6.45, 7) is 1.60. The molecule has 0 aliphatic rings. The van der Waals surface area contributed by atoms with Crippen LogP contribution in [0, 0.1) is 5.82 Å². The molecule has 8 heteroatoms. The Kier molecular flexibility index (Phi) is 4.69. The number of nitrogens with one attached hydrogen (secondary N) is 1. The normalized spacial score (nSPS) is 11.8. The maximum absolute atomic E-state index is 13.6. The van der Waals surface area contributed by atoms with Gasteiger partial charge in [0.25, 0.3) is 5.91 Å². The molecule has 0 saturated heterocycles. The van der Waals surface area contributed by atoms with Crippen molar-refractivity contribution in [1.29, 1.82) is 0 Å². The van der Waals surface area contributed by atoms with E-state index in [1.807, 2.05) is 12.1 Å². The van der Waals surface area contributed by atoms with Gasteiger partial charge in [-0.15, -0.1) is 10.2 Å². The van der Waals surface area contributed by atoms with E-state index in [-0.39, 0.29) is 5.69 Å². The van der Waals surface area contributed by atoms with Crippen molar-refractivity contribution in [2.24, 2.45) is 0 Å². The van der Waals surface area contributed by atoms with E-state index in [4.69, 9.17) is 4.74 Å². The van der Waals surface area contributed by atoms with Crippen LogP contribution in [0.5, 0.6) is 5.75 Å². The number of anilines is 1. The van der Waals surface area contributed by atoms with Crippen LogP contribution < -0.4 is 10.1 Å². The fourth-order valence-corrected chi connectivity index (χ4v) is 2.17. The Morgan fingerprint density at radius 2 is 2.04 bits per heavy atom. The summed E-state index contributed by atoms with van der Waals surface area (Å²) in [6, 6.07) is 12.4. The molecule has 128 valence electrons. The lowest BCUT2D eigenvalue weighted by Crippen LogP contribution is -2.25. The molecule has 0 aliphatic carbocycles. The molecule has 0 saturated carbocycles. The van der Waals surface area contributed by atoms with E-state index in [1.54, 1.807) is 38.3 Å². The number of aromatic nitrogens is 4. The lowest BCUT2D eigenvalue weighted by molar-refractivity contribution is -0.119. The number of amides is 1. The van der Waals surface area contributed by atoms with E-state index < -0.39 is 17.8 Å². The molecule has 1 atom stereocenters. The van der Waals surface area contributed by atoms with Gasteiger partial charge in [-0.2, -0.15) is 4.80 Å². The van der Waals surface area contributed by atoms with Gasteiger partial charge in [0.15, 0.2) is 0 Å². The number of nitrogens with zero attached hydrogens (tertiary/aromatic N) is 4. The fraction of sp³-hybridized carbons (Fsp3) is 0.176. The highest BCUT2D eigenvalue weighted by Gasteiger charge is 2.20. The number of halogens is 1. The highest BCUT2D eigenvalue weighted by Crippen LogP contribution is 2.21. The van der Waals surface area contributed by atoms with Gasteiger partial charge in [0, 0.05) is 5.56 Å². The predicted molar refractivity (Wildman–Crippen MR) is 89.5 cm³/mol. The van der Waals surface area contributed by atoms with Crippen LogP contribution in [-0.4, -0.2) is 33.2 Å². The smallest absolute Gasteiger partial charge is 0.250 e. The zero-order valence-electron chi connectivity index (χ0n) is 13.7. The number of carbonyl (C=O) groups excluding carboxylic acids is 1. The molecule has 0 unspecified atom stereocenters. The summed E-state index contributed by atoms with van der Waals surface area (Å²) in [5.41, 5.74) is 0.819. The van der Waals surface area contributed by atoms with E-state index in [0.717, 1.165) is 0 Å². The Balaban J connectivity index is 1.77. The average Bonchev–Trinajstić information content (AvgIpc) is 3.13. The topological polar surface area (TPSA) is 81.9 Å². The zero-order chi connectivity index (χ0) is 17.8. The van der Waals surface area contributed by atoms with Crippen molar-refractivity contribution in [2.45, 2.75) is 13.0 Å². The van der Waals surface area contributed by atoms with Gasteiger partial charge in [0.1, 0.15) is 17.6 Å². The standard InChI is InChI=1S/C17H16FN5O2/c1-11(17(24)19-15-9-4-3-8-14(15)18)23-21-16(20-22-23)12-6-5-7-13(10-12)25-2/h3-11H,1-2H3,(H,19,24)/t11-/m0/s1. The van der Waals surface area contributed by atoms with E-state index in [0.29, 0.717) is 17.1 Å². The summed E-state index contributed by atoms with van der Waals surface area (Å²) in [5.74, 6) is 0.0787. The molecule has 3 rings (SSSR count). The molecule has 0 bridgehead atoms. The van der Waals surface area contributed by atoms with Gasteiger partial charge in [-0.05, 0) is 36.4 Å². The van der Waals surface area contributed by atoms with Gasteiger partial charge in [-0.25, -0.2) is 4.39 Å². The fourth-order valence-electron chi connectivity index (χ4n) is 2.17. The third kappa shape index (κ3) is 3.63. The van der Waals surface area contributed by atoms with Crippen molar-refractivity contribution < 1.29 is 13.9 Å². The highest BCUT2D eigenvalue weighted by atomic mass is 19.1. The van der Waals surface area contributed by atoms with Crippen LogP contribution in [0.15, 0.2) is 48.5 Å². The van der Waals surface area contributed by atoms with Crippen LogP contribution in [0.1, 0.15) is 13.0 Å². The van der Waals surface area contributed by atoms with E-state index in [1.165, 1.54) is 16.9 Å². The molecule has 0 aliphatic heterocycles.